The number of nitrogens with zero attached hydrogens (tertiary/aromatic N) is 1. The first-order valence-corrected chi connectivity index (χ1v) is 9.85. The fourth-order valence-electron chi connectivity index (χ4n) is 3.35. The number of hydrogen-bond acceptors (Lipinski definition) is 4. The van der Waals surface area contributed by atoms with Crippen LogP contribution in [0.5, 0.6) is 5.75 Å². The Balaban J connectivity index is 0.00000289. The van der Waals surface area contributed by atoms with Crippen molar-refractivity contribution in [1.82, 2.24) is 4.98 Å². The van der Waals surface area contributed by atoms with Crippen molar-refractivity contribution in [2.24, 2.45) is 5.41 Å². The van der Waals surface area contributed by atoms with Gasteiger partial charge in [0.2, 0.25) is 0 Å². The largest absolute Gasteiger partial charge is 1.00 e. The molecule has 1 aromatic heterocycles. The van der Waals surface area contributed by atoms with Crippen LogP contribution in [0.3, 0.4) is 0 Å². The number of alkyl halides is 3. The zero-order valence-electron chi connectivity index (χ0n) is 17.1. The summed E-state index contributed by atoms with van der Waals surface area (Å²) in [5.41, 5.74) is -0.00230. The van der Waals surface area contributed by atoms with Crippen LogP contribution in [0.15, 0.2) is 60.7 Å². The van der Waals surface area contributed by atoms with Crippen LogP contribution in [0.1, 0.15) is 23.3 Å². The first-order chi connectivity index (χ1) is 14.7. The molecule has 4 nitrogen and oxygen atoms in total. The third kappa shape index (κ3) is 4.96. The van der Waals surface area contributed by atoms with E-state index in [0.29, 0.717) is 27.4 Å². The molecule has 0 spiro atoms. The van der Waals surface area contributed by atoms with Gasteiger partial charge in [0.25, 0.3) is 0 Å². The summed E-state index contributed by atoms with van der Waals surface area (Å²) < 4.78 is 45.6. The van der Waals surface area contributed by atoms with E-state index in [1.54, 1.807) is 48.5 Å². The van der Waals surface area contributed by atoms with Crippen molar-refractivity contribution in [2.75, 3.05) is 6.61 Å². The van der Waals surface area contributed by atoms with Crippen LogP contribution in [-0.4, -0.2) is 23.7 Å². The van der Waals surface area contributed by atoms with Gasteiger partial charge in [0.1, 0.15) is 17.8 Å². The van der Waals surface area contributed by atoms with Crippen LogP contribution in [0, 0.1) is 5.41 Å². The molecule has 0 bridgehead atoms. The van der Waals surface area contributed by atoms with E-state index in [1.807, 2.05) is 0 Å². The Morgan fingerprint density at radius 2 is 1.72 bits per heavy atom. The molecule has 0 amide bonds. The van der Waals surface area contributed by atoms with E-state index in [-0.39, 0.29) is 53.8 Å². The van der Waals surface area contributed by atoms with Gasteiger partial charge in [-0.1, -0.05) is 41.9 Å². The molecule has 2 aromatic carbocycles. The molecule has 0 atom stereocenters. The topological polar surface area (TPSA) is 62.2 Å². The molecular formula is C23H16ClF3NNaO3. The molecule has 160 valence electrons. The number of aromatic nitrogens is 1. The molecule has 0 unspecified atom stereocenters. The van der Waals surface area contributed by atoms with Crippen molar-refractivity contribution in [3.05, 3.63) is 71.4 Å². The molecule has 32 heavy (non-hydrogen) atoms. The van der Waals surface area contributed by atoms with Gasteiger partial charge in [-0.2, -0.15) is 13.2 Å². The van der Waals surface area contributed by atoms with Gasteiger partial charge in [0.15, 0.2) is 0 Å². The molecule has 1 fully saturated rings. The predicted molar refractivity (Wildman–Crippen MR) is 108 cm³/mol. The van der Waals surface area contributed by atoms with Gasteiger partial charge in [0, 0.05) is 16.1 Å². The van der Waals surface area contributed by atoms with E-state index in [2.05, 4.69) is 4.98 Å². The van der Waals surface area contributed by atoms with E-state index in [0.717, 1.165) is 0 Å². The summed E-state index contributed by atoms with van der Waals surface area (Å²) in [5.74, 6) is -1.16. The van der Waals surface area contributed by atoms with Crippen molar-refractivity contribution in [3.63, 3.8) is 0 Å². The minimum atomic E-state index is -4.33. The Morgan fingerprint density at radius 1 is 1.03 bits per heavy atom. The van der Waals surface area contributed by atoms with Crippen LogP contribution >= 0.6 is 11.6 Å². The number of carboxylic acids is 1. The third-order valence-electron chi connectivity index (χ3n) is 5.35. The quantitative estimate of drug-likeness (QED) is 0.519. The normalized spacial score (nSPS) is 14.4. The Labute approximate surface area is 209 Å². The molecule has 0 radical (unpaired) electrons. The van der Waals surface area contributed by atoms with Gasteiger partial charge in [-0.05, 0) is 48.7 Å². The summed E-state index contributed by atoms with van der Waals surface area (Å²) in [5, 5.41) is 11.6. The molecule has 0 aliphatic heterocycles. The predicted octanol–water partition coefficient (Wildman–Crippen LogP) is 2.16. The summed E-state index contributed by atoms with van der Waals surface area (Å²) in [6.45, 7) is -0.480. The van der Waals surface area contributed by atoms with Crippen LogP contribution in [0.2, 0.25) is 5.02 Å². The maximum atomic E-state index is 13.3. The second-order valence-corrected chi connectivity index (χ2v) is 7.88. The molecule has 1 aliphatic rings. The molecule has 9 heteroatoms. The van der Waals surface area contributed by atoms with E-state index in [9.17, 15) is 23.1 Å². The third-order valence-corrected chi connectivity index (χ3v) is 5.59. The molecule has 1 heterocycles. The Bertz CT molecular complexity index is 1150. The van der Waals surface area contributed by atoms with Crippen LogP contribution in [0.4, 0.5) is 13.2 Å². The Kier molecular flexibility index (Phi) is 7.25. The SMILES string of the molecule is O=C([O-])c1cccc(-c2ccccc2-c2cc(Cl)ccc2OCC2(C(F)(F)F)CC2)n1.[Na+]. The number of carbonyl (C=O) groups excluding carboxylic acids is 1. The number of benzene rings is 2. The van der Waals surface area contributed by atoms with Crippen molar-refractivity contribution in [3.8, 4) is 28.1 Å². The average molecular weight is 470 g/mol. The van der Waals surface area contributed by atoms with Crippen molar-refractivity contribution >= 4 is 17.6 Å². The molecule has 0 saturated heterocycles. The zero-order valence-corrected chi connectivity index (χ0v) is 19.8. The maximum Gasteiger partial charge on any atom is 1.00 e. The first-order valence-electron chi connectivity index (χ1n) is 9.47. The number of carboxylic acid groups (broad SMARTS) is 1. The van der Waals surface area contributed by atoms with Gasteiger partial charge in [-0.15, -0.1) is 0 Å². The number of pyridine rings is 1. The van der Waals surface area contributed by atoms with Crippen molar-refractivity contribution < 1.29 is 57.4 Å². The summed E-state index contributed by atoms with van der Waals surface area (Å²) in [6, 6.07) is 16.2. The first kappa shape index (κ1) is 24.6. The van der Waals surface area contributed by atoms with Gasteiger partial charge in [-0.3, -0.25) is 0 Å². The number of ether oxygens (including phenoxy) is 1. The summed E-state index contributed by atoms with van der Waals surface area (Å²) in [6.07, 6.45) is -4.25. The van der Waals surface area contributed by atoms with Gasteiger partial charge in [0.05, 0.1) is 17.4 Å². The second-order valence-electron chi connectivity index (χ2n) is 7.45. The number of carbonyl (C=O) groups is 1. The van der Waals surface area contributed by atoms with Crippen LogP contribution < -0.4 is 39.4 Å². The molecular weight excluding hydrogens is 454 g/mol. The number of hydrogen-bond donors (Lipinski definition) is 0. The zero-order chi connectivity index (χ0) is 22.2. The monoisotopic (exact) mass is 469 g/mol. The fraction of sp³-hybridized carbons (Fsp3) is 0.217. The van der Waals surface area contributed by atoms with E-state index in [4.69, 9.17) is 16.3 Å². The van der Waals surface area contributed by atoms with Crippen molar-refractivity contribution in [1.29, 1.82) is 0 Å². The van der Waals surface area contributed by atoms with E-state index >= 15 is 0 Å². The summed E-state index contributed by atoms with van der Waals surface area (Å²) in [7, 11) is 0. The van der Waals surface area contributed by atoms with Crippen molar-refractivity contribution in [2.45, 2.75) is 19.0 Å². The number of aromatic carboxylic acids is 1. The molecule has 1 aliphatic carbocycles. The van der Waals surface area contributed by atoms with E-state index < -0.39 is 24.2 Å². The van der Waals surface area contributed by atoms with Gasteiger partial charge in [-0.25, -0.2) is 4.98 Å². The molecule has 3 aromatic rings. The average Bonchev–Trinajstić information content (AvgIpc) is 3.54. The Morgan fingerprint density at radius 3 is 2.34 bits per heavy atom. The molecule has 4 rings (SSSR count). The number of halogens is 4. The minimum absolute atomic E-state index is 0. The smallest absolute Gasteiger partial charge is 0.543 e. The fourth-order valence-corrected chi connectivity index (χ4v) is 3.53. The van der Waals surface area contributed by atoms with E-state index in [1.165, 1.54) is 12.1 Å². The standard InChI is InChI=1S/C23H17ClF3NO3.Na/c24-14-8-9-20(31-13-22(10-11-22)23(25,26)27)17(12-14)15-4-1-2-5-16(15)18-6-3-7-19(28-18)21(29)30;/h1-9,12H,10-11,13H2,(H,29,30);/q;+1/p-1. The van der Waals surface area contributed by atoms with Crippen LogP contribution in [-0.2, 0) is 0 Å². The summed E-state index contributed by atoms with van der Waals surface area (Å²) in [4.78, 5) is 15.3. The van der Waals surface area contributed by atoms with Gasteiger partial charge < -0.3 is 14.6 Å². The summed E-state index contributed by atoms with van der Waals surface area (Å²) >= 11 is 6.17. The second kappa shape index (κ2) is 9.43. The maximum absolute atomic E-state index is 13.3. The molecule has 1 saturated carbocycles. The Hall–Kier alpha value is -2.06. The minimum Gasteiger partial charge on any atom is -0.543 e. The van der Waals surface area contributed by atoms with Crippen LogP contribution in [0.25, 0.3) is 22.4 Å². The molecule has 0 N–H and O–H groups in total. The number of rotatable bonds is 6. The van der Waals surface area contributed by atoms with Gasteiger partial charge >= 0.3 is 35.7 Å².